The van der Waals surface area contributed by atoms with Crippen molar-refractivity contribution >= 4 is 44.0 Å². The van der Waals surface area contributed by atoms with E-state index < -0.39 is 15.1 Å². The monoisotopic (exact) mass is 605 g/mol. The molecule has 2 aromatic heterocycles. The van der Waals surface area contributed by atoms with Crippen molar-refractivity contribution < 1.29 is 17.9 Å². The van der Waals surface area contributed by atoms with Gasteiger partial charge in [-0.2, -0.15) is 15.1 Å². The number of methoxy groups -OCH3 is 1. The highest BCUT2D eigenvalue weighted by Gasteiger charge is 2.33. The van der Waals surface area contributed by atoms with Gasteiger partial charge in [-0.15, -0.1) is 0 Å². The van der Waals surface area contributed by atoms with E-state index in [9.17, 15) is 8.42 Å². The Bertz CT molecular complexity index is 1760. The van der Waals surface area contributed by atoms with Gasteiger partial charge in [-0.25, -0.2) is 8.42 Å². The SMILES string of the molecule is COCC1Cc2c(c(Nc3nc(Nc4ccccc4S(=O)(=O)C(C)C)c4c(C)[nH]nc4n3)cc(C)c2C2CCNCC2)O1. The summed E-state index contributed by atoms with van der Waals surface area (Å²) in [5.74, 6) is 2.06. The van der Waals surface area contributed by atoms with Gasteiger partial charge < -0.3 is 25.4 Å². The van der Waals surface area contributed by atoms with Crippen LogP contribution in [-0.4, -0.2) is 66.7 Å². The maximum absolute atomic E-state index is 13.2. The predicted molar refractivity (Wildman–Crippen MR) is 168 cm³/mol. The number of benzene rings is 2. The molecule has 0 aliphatic carbocycles. The van der Waals surface area contributed by atoms with Gasteiger partial charge in [-0.1, -0.05) is 12.1 Å². The third-order valence-corrected chi connectivity index (χ3v) is 10.6. The van der Waals surface area contributed by atoms with Crippen LogP contribution in [0.3, 0.4) is 0 Å². The van der Waals surface area contributed by atoms with E-state index in [1.54, 1.807) is 45.2 Å². The van der Waals surface area contributed by atoms with Crippen molar-refractivity contribution in [1.82, 2.24) is 25.5 Å². The second-order valence-electron chi connectivity index (χ2n) is 11.7. The van der Waals surface area contributed by atoms with E-state index in [0.717, 1.165) is 49.5 Å². The van der Waals surface area contributed by atoms with E-state index in [-0.39, 0.29) is 11.0 Å². The molecule has 0 amide bonds. The summed E-state index contributed by atoms with van der Waals surface area (Å²) in [6.07, 6.45) is 2.90. The minimum absolute atomic E-state index is 0.0724. The lowest BCUT2D eigenvalue weighted by molar-refractivity contribution is 0.0955. The summed E-state index contributed by atoms with van der Waals surface area (Å²) in [4.78, 5) is 9.76. The van der Waals surface area contributed by atoms with E-state index >= 15 is 0 Å². The molecule has 4 heterocycles. The first-order valence-corrected chi connectivity index (χ1v) is 16.3. The molecule has 43 heavy (non-hydrogen) atoms. The highest BCUT2D eigenvalue weighted by molar-refractivity contribution is 7.92. The summed E-state index contributed by atoms with van der Waals surface area (Å²) in [6, 6.07) is 8.99. The number of aromatic amines is 1. The van der Waals surface area contributed by atoms with Crippen LogP contribution >= 0.6 is 0 Å². The first-order valence-electron chi connectivity index (χ1n) is 14.8. The molecule has 12 heteroatoms. The van der Waals surface area contributed by atoms with Gasteiger partial charge in [0.1, 0.15) is 17.7 Å². The molecule has 2 aromatic carbocycles. The Morgan fingerprint density at radius 2 is 1.86 bits per heavy atom. The van der Waals surface area contributed by atoms with Crippen molar-refractivity contribution in [1.29, 1.82) is 0 Å². The zero-order chi connectivity index (χ0) is 30.3. The van der Waals surface area contributed by atoms with Crippen LogP contribution in [0.2, 0.25) is 0 Å². The van der Waals surface area contributed by atoms with Gasteiger partial charge in [-0.05, 0) is 88.9 Å². The Hall–Kier alpha value is -3.74. The number of sulfone groups is 1. The Morgan fingerprint density at radius 1 is 1.09 bits per heavy atom. The fraction of sp³-hybridized carbons (Fsp3) is 0.452. The molecule has 1 atom stereocenters. The largest absolute Gasteiger partial charge is 0.485 e. The molecule has 228 valence electrons. The molecule has 2 aliphatic heterocycles. The number of nitrogens with one attached hydrogen (secondary N) is 4. The van der Waals surface area contributed by atoms with Crippen molar-refractivity contribution in [3.05, 3.63) is 52.7 Å². The molecule has 0 saturated carbocycles. The third-order valence-electron chi connectivity index (χ3n) is 8.35. The number of aromatic nitrogens is 4. The fourth-order valence-corrected chi connectivity index (χ4v) is 7.44. The second-order valence-corrected chi connectivity index (χ2v) is 14.1. The van der Waals surface area contributed by atoms with Crippen molar-refractivity contribution in [2.75, 3.05) is 37.4 Å². The normalized spacial score (nSPS) is 17.3. The van der Waals surface area contributed by atoms with Crippen molar-refractivity contribution in [2.45, 2.75) is 69.1 Å². The van der Waals surface area contributed by atoms with E-state index in [0.29, 0.717) is 41.0 Å². The lowest BCUT2D eigenvalue weighted by Gasteiger charge is -2.27. The van der Waals surface area contributed by atoms with Crippen LogP contribution in [0.15, 0.2) is 35.2 Å². The number of piperidine rings is 1. The molecule has 6 rings (SSSR count). The van der Waals surface area contributed by atoms with Gasteiger partial charge in [0.2, 0.25) is 5.95 Å². The summed E-state index contributed by atoms with van der Waals surface area (Å²) in [5, 5.41) is 17.7. The smallest absolute Gasteiger partial charge is 0.231 e. The summed E-state index contributed by atoms with van der Waals surface area (Å²) in [7, 11) is -1.85. The average molecular weight is 606 g/mol. The molecule has 1 saturated heterocycles. The molecule has 11 nitrogen and oxygen atoms in total. The quantitative estimate of drug-likeness (QED) is 0.205. The molecule has 0 radical (unpaired) electrons. The lowest BCUT2D eigenvalue weighted by Crippen LogP contribution is -2.27. The molecular formula is C31H39N7O4S. The molecule has 0 bridgehead atoms. The molecule has 0 spiro atoms. The van der Waals surface area contributed by atoms with Crippen LogP contribution in [0.5, 0.6) is 5.75 Å². The summed E-state index contributed by atoms with van der Waals surface area (Å²) in [6.45, 7) is 9.91. The number of rotatable bonds is 9. The number of nitrogens with zero attached hydrogens (tertiary/aromatic N) is 3. The standard InChI is InChI=1S/C31H39N7O4S/c1-17(2)43(39,40)25-9-7-6-8-23(25)33-29-27-19(4)37-38-30(27)36-31(35-29)34-24-14-18(3)26(20-10-12-32-13-11-20)22-15-21(16-41-5)42-28(22)24/h6-9,14,17,20-21,32H,10-13,15-16H2,1-5H3,(H3,33,34,35,36,37,38). The molecule has 1 unspecified atom stereocenters. The number of fused-ring (bicyclic) bond motifs is 2. The molecule has 2 aliphatic rings. The molecule has 4 N–H and O–H groups in total. The maximum atomic E-state index is 13.2. The Labute approximate surface area is 252 Å². The van der Waals surface area contributed by atoms with Crippen molar-refractivity contribution in [3.63, 3.8) is 0 Å². The van der Waals surface area contributed by atoms with Gasteiger partial charge in [0, 0.05) is 24.8 Å². The Morgan fingerprint density at radius 3 is 2.60 bits per heavy atom. The van der Waals surface area contributed by atoms with Crippen LogP contribution in [-0.2, 0) is 21.0 Å². The van der Waals surface area contributed by atoms with Gasteiger partial charge in [0.15, 0.2) is 15.5 Å². The number of hydrogen-bond donors (Lipinski definition) is 4. The van der Waals surface area contributed by atoms with Gasteiger partial charge in [-0.3, -0.25) is 5.10 Å². The third kappa shape index (κ3) is 5.54. The number of para-hydroxylation sites is 1. The van der Waals surface area contributed by atoms with Crippen molar-refractivity contribution in [2.24, 2.45) is 0 Å². The topological polar surface area (TPSA) is 143 Å². The molecule has 4 aromatic rings. The summed E-state index contributed by atoms with van der Waals surface area (Å²) < 4.78 is 38.2. The van der Waals surface area contributed by atoms with E-state index in [1.807, 2.05) is 6.92 Å². The Kier molecular flexibility index (Phi) is 8.01. The summed E-state index contributed by atoms with van der Waals surface area (Å²) >= 11 is 0. The zero-order valence-corrected chi connectivity index (χ0v) is 26.1. The minimum Gasteiger partial charge on any atom is -0.485 e. The molecular weight excluding hydrogens is 566 g/mol. The number of anilines is 4. The lowest BCUT2D eigenvalue weighted by atomic mass is 9.83. The predicted octanol–water partition coefficient (Wildman–Crippen LogP) is 5.06. The van der Waals surface area contributed by atoms with E-state index in [2.05, 4.69) is 39.1 Å². The average Bonchev–Trinajstić information content (AvgIpc) is 3.57. The van der Waals surface area contributed by atoms with Crippen molar-refractivity contribution in [3.8, 4) is 5.75 Å². The van der Waals surface area contributed by atoms with Crippen LogP contribution in [0, 0.1) is 13.8 Å². The van der Waals surface area contributed by atoms with Crippen LogP contribution < -0.4 is 20.7 Å². The maximum Gasteiger partial charge on any atom is 0.231 e. The summed E-state index contributed by atoms with van der Waals surface area (Å²) in [5.41, 5.74) is 6.25. The number of hydrogen-bond acceptors (Lipinski definition) is 10. The van der Waals surface area contributed by atoms with Crippen LogP contribution in [0.25, 0.3) is 11.0 Å². The van der Waals surface area contributed by atoms with E-state index in [1.165, 1.54) is 16.7 Å². The highest BCUT2D eigenvalue weighted by Crippen LogP contribution is 2.45. The van der Waals surface area contributed by atoms with Gasteiger partial charge in [0.05, 0.1) is 33.5 Å². The highest BCUT2D eigenvalue weighted by atomic mass is 32.2. The first kappa shape index (κ1) is 29.3. The first-order chi connectivity index (χ1) is 20.7. The Balaban J connectivity index is 1.41. The minimum atomic E-state index is -3.55. The van der Waals surface area contributed by atoms with Gasteiger partial charge in [0.25, 0.3) is 0 Å². The number of aryl methyl sites for hydroxylation is 2. The fourth-order valence-electron chi connectivity index (χ4n) is 6.24. The zero-order valence-electron chi connectivity index (χ0n) is 25.2. The number of H-pyrrole nitrogens is 1. The van der Waals surface area contributed by atoms with Crippen LogP contribution in [0.4, 0.5) is 23.1 Å². The van der Waals surface area contributed by atoms with E-state index in [4.69, 9.17) is 19.4 Å². The van der Waals surface area contributed by atoms with Crippen LogP contribution in [0.1, 0.15) is 55.0 Å². The van der Waals surface area contributed by atoms with Gasteiger partial charge >= 0.3 is 0 Å². The second kappa shape index (κ2) is 11.7. The number of ether oxygens (including phenoxy) is 2. The molecule has 1 fully saturated rings.